The Morgan fingerprint density at radius 2 is 2.05 bits per heavy atom. The van der Waals surface area contributed by atoms with E-state index in [2.05, 4.69) is 0 Å². The highest BCUT2D eigenvalue weighted by Gasteiger charge is 2.25. The van der Waals surface area contributed by atoms with Crippen LogP contribution in [0.2, 0.25) is 0 Å². The number of carbonyl (C=O) groups is 1. The fourth-order valence-electron chi connectivity index (χ4n) is 2.61. The standard InChI is InChI=1S/C15H20F2N2O/c1-10(18)11-4-6-19(7-5-11)15(20)8-12-2-3-13(16)9-14(12)17/h2-3,9-11H,4-8,18H2,1H3. The lowest BCUT2D eigenvalue weighted by Gasteiger charge is -2.33. The maximum Gasteiger partial charge on any atom is 0.227 e. The number of nitrogens with zero attached hydrogens (tertiary/aromatic N) is 1. The molecule has 1 atom stereocenters. The van der Waals surface area contributed by atoms with E-state index in [1.807, 2.05) is 6.92 Å². The van der Waals surface area contributed by atoms with E-state index < -0.39 is 11.6 Å². The zero-order chi connectivity index (χ0) is 14.7. The number of rotatable bonds is 3. The van der Waals surface area contributed by atoms with Gasteiger partial charge in [0, 0.05) is 25.2 Å². The maximum atomic E-state index is 13.5. The van der Waals surface area contributed by atoms with Crippen molar-refractivity contribution in [3.8, 4) is 0 Å². The summed E-state index contributed by atoms with van der Waals surface area (Å²) in [7, 11) is 0. The Kier molecular flexibility index (Phi) is 4.70. The molecule has 1 aliphatic heterocycles. The molecule has 1 heterocycles. The van der Waals surface area contributed by atoms with E-state index in [1.54, 1.807) is 4.90 Å². The fourth-order valence-corrected chi connectivity index (χ4v) is 2.61. The van der Waals surface area contributed by atoms with Crippen LogP contribution in [-0.2, 0) is 11.2 Å². The Balaban J connectivity index is 1.93. The molecule has 1 aliphatic rings. The molecule has 2 rings (SSSR count). The maximum absolute atomic E-state index is 13.5. The van der Waals surface area contributed by atoms with Crippen LogP contribution in [0.5, 0.6) is 0 Å². The van der Waals surface area contributed by atoms with Crippen LogP contribution in [0.3, 0.4) is 0 Å². The van der Waals surface area contributed by atoms with Crippen molar-refractivity contribution < 1.29 is 13.6 Å². The molecule has 1 aromatic rings. The van der Waals surface area contributed by atoms with E-state index in [0.717, 1.165) is 18.9 Å². The van der Waals surface area contributed by atoms with Crippen LogP contribution in [-0.4, -0.2) is 29.9 Å². The van der Waals surface area contributed by atoms with Crippen LogP contribution in [0.15, 0.2) is 18.2 Å². The van der Waals surface area contributed by atoms with Gasteiger partial charge in [-0.2, -0.15) is 0 Å². The van der Waals surface area contributed by atoms with Gasteiger partial charge in [0.05, 0.1) is 6.42 Å². The number of carbonyl (C=O) groups excluding carboxylic acids is 1. The minimum atomic E-state index is -0.663. The first-order valence-corrected chi connectivity index (χ1v) is 6.94. The Labute approximate surface area is 117 Å². The van der Waals surface area contributed by atoms with Crippen molar-refractivity contribution in [2.75, 3.05) is 13.1 Å². The highest BCUT2D eigenvalue weighted by molar-refractivity contribution is 5.78. The summed E-state index contributed by atoms with van der Waals surface area (Å²) >= 11 is 0. The van der Waals surface area contributed by atoms with Crippen molar-refractivity contribution in [3.63, 3.8) is 0 Å². The minimum absolute atomic E-state index is 0.0189. The van der Waals surface area contributed by atoms with E-state index in [1.165, 1.54) is 12.1 Å². The lowest BCUT2D eigenvalue weighted by Crippen LogP contribution is -2.43. The average Bonchev–Trinajstić information content (AvgIpc) is 2.42. The molecule has 1 unspecified atom stereocenters. The molecule has 0 saturated carbocycles. The summed E-state index contributed by atoms with van der Waals surface area (Å²) in [5.74, 6) is -0.958. The summed E-state index contributed by atoms with van der Waals surface area (Å²) in [5.41, 5.74) is 6.10. The number of piperidine rings is 1. The van der Waals surface area contributed by atoms with E-state index in [4.69, 9.17) is 5.73 Å². The Morgan fingerprint density at radius 1 is 1.40 bits per heavy atom. The first-order valence-electron chi connectivity index (χ1n) is 6.94. The van der Waals surface area contributed by atoms with Gasteiger partial charge in [-0.15, -0.1) is 0 Å². The molecule has 0 spiro atoms. The number of likely N-dealkylation sites (tertiary alicyclic amines) is 1. The Hall–Kier alpha value is -1.49. The molecular weight excluding hydrogens is 262 g/mol. The third-order valence-corrected chi connectivity index (χ3v) is 3.99. The summed E-state index contributed by atoms with van der Waals surface area (Å²) in [6.45, 7) is 3.30. The van der Waals surface area contributed by atoms with Crippen molar-refractivity contribution in [1.82, 2.24) is 4.90 Å². The Bertz CT molecular complexity index is 483. The van der Waals surface area contributed by atoms with Gasteiger partial charge in [0.1, 0.15) is 11.6 Å². The second-order valence-corrected chi connectivity index (χ2v) is 5.49. The van der Waals surface area contributed by atoms with Gasteiger partial charge in [0.25, 0.3) is 0 Å². The summed E-state index contributed by atoms with van der Waals surface area (Å²) in [6, 6.07) is 3.46. The monoisotopic (exact) mass is 282 g/mol. The second-order valence-electron chi connectivity index (χ2n) is 5.49. The number of amides is 1. The summed E-state index contributed by atoms with van der Waals surface area (Å²) in [5, 5.41) is 0. The zero-order valence-corrected chi connectivity index (χ0v) is 11.6. The fraction of sp³-hybridized carbons (Fsp3) is 0.533. The average molecular weight is 282 g/mol. The molecule has 1 saturated heterocycles. The summed E-state index contributed by atoms with van der Waals surface area (Å²) < 4.78 is 26.3. The molecule has 110 valence electrons. The van der Waals surface area contributed by atoms with Crippen molar-refractivity contribution >= 4 is 5.91 Å². The Morgan fingerprint density at radius 3 is 2.60 bits per heavy atom. The van der Waals surface area contributed by atoms with Gasteiger partial charge >= 0.3 is 0 Å². The molecule has 5 heteroatoms. The molecule has 0 bridgehead atoms. The predicted octanol–water partition coefficient (Wildman–Crippen LogP) is 2.09. The molecule has 1 aromatic carbocycles. The number of hydrogen-bond donors (Lipinski definition) is 1. The third-order valence-electron chi connectivity index (χ3n) is 3.99. The van der Waals surface area contributed by atoms with Crippen LogP contribution >= 0.6 is 0 Å². The topological polar surface area (TPSA) is 46.3 Å². The lowest BCUT2D eigenvalue weighted by atomic mass is 9.91. The van der Waals surface area contributed by atoms with E-state index >= 15 is 0 Å². The molecule has 3 nitrogen and oxygen atoms in total. The van der Waals surface area contributed by atoms with Crippen molar-refractivity contribution in [3.05, 3.63) is 35.4 Å². The van der Waals surface area contributed by atoms with Crippen LogP contribution in [0.1, 0.15) is 25.3 Å². The highest BCUT2D eigenvalue weighted by atomic mass is 19.1. The van der Waals surface area contributed by atoms with Gasteiger partial charge in [-0.3, -0.25) is 4.79 Å². The number of halogens is 2. The van der Waals surface area contributed by atoms with Gasteiger partial charge in [-0.05, 0) is 37.3 Å². The van der Waals surface area contributed by atoms with Gasteiger partial charge in [0.15, 0.2) is 0 Å². The second kappa shape index (κ2) is 6.31. The van der Waals surface area contributed by atoms with Gasteiger partial charge in [0.2, 0.25) is 5.91 Å². The van der Waals surface area contributed by atoms with Crippen molar-refractivity contribution in [2.24, 2.45) is 11.7 Å². The molecule has 2 N–H and O–H groups in total. The van der Waals surface area contributed by atoms with E-state index in [0.29, 0.717) is 19.0 Å². The van der Waals surface area contributed by atoms with Gasteiger partial charge in [-0.25, -0.2) is 8.78 Å². The first-order chi connectivity index (χ1) is 9.47. The SMILES string of the molecule is CC(N)C1CCN(C(=O)Cc2ccc(F)cc2F)CC1. The number of hydrogen-bond acceptors (Lipinski definition) is 2. The molecule has 0 aromatic heterocycles. The summed E-state index contributed by atoms with van der Waals surface area (Å²) in [6.07, 6.45) is 1.75. The quantitative estimate of drug-likeness (QED) is 0.922. The van der Waals surface area contributed by atoms with Crippen molar-refractivity contribution in [1.29, 1.82) is 0 Å². The van der Waals surface area contributed by atoms with E-state index in [-0.39, 0.29) is 23.9 Å². The van der Waals surface area contributed by atoms with Crippen LogP contribution < -0.4 is 5.73 Å². The largest absolute Gasteiger partial charge is 0.342 e. The molecule has 0 aliphatic carbocycles. The minimum Gasteiger partial charge on any atom is -0.342 e. The summed E-state index contributed by atoms with van der Waals surface area (Å²) in [4.78, 5) is 13.9. The third kappa shape index (κ3) is 3.54. The zero-order valence-electron chi connectivity index (χ0n) is 11.6. The molecule has 1 amide bonds. The predicted molar refractivity (Wildman–Crippen MR) is 73.0 cm³/mol. The molecule has 0 radical (unpaired) electrons. The van der Waals surface area contributed by atoms with E-state index in [9.17, 15) is 13.6 Å². The smallest absolute Gasteiger partial charge is 0.227 e. The number of nitrogens with two attached hydrogens (primary N) is 1. The van der Waals surface area contributed by atoms with Crippen LogP contribution in [0.25, 0.3) is 0 Å². The normalized spacial score (nSPS) is 18.1. The lowest BCUT2D eigenvalue weighted by molar-refractivity contribution is -0.132. The molecule has 20 heavy (non-hydrogen) atoms. The van der Waals surface area contributed by atoms with Crippen LogP contribution in [0, 0.1) is 17.6 Å². The van der Waals surface area contributed by atoms with Gasteiger partial charge in [-0.1, -0.05) is 6.07 Å². The number of benzene rings is 1. The highest BCUT2D eigenvalue weighted by Crippen LogP contribution is 2.20. The molecular formula is C15H20F2N2O. The molecule has 1 fully saturated rings. The first kappa shape index (κ1) is 14.9. The van der Waals surface area contributed by atoms with Crippen molar-refractivity contribution in [2.45, 2.75) is 32.2 Å². The van der Waals surface area contributed by atoms with Gasteiger partial charge < -0.3 is 10.6 Å². The van der Waals surface area contributed by atoms with Crippen LogP contribution in [0.4, 0.5) is 8.78 Å².